The molecule has 0 atom stereocenters. The highest BCUT2D eigenvalue weighted by molar-refractivity contribution is 6.06. The van der Waals surface area contributed by atoms with Crippen molar-refractivity contribution in [3.05, 3.63) is 89.5 Å². The number of hydrogen-bond donors (Lipinski definition) is 2. The number of piperidine rings is 1. The number of nitrogens with zero attached hydrogens (tertiary/aromatic N) is 1. The molecule has 0 radical (unpaired) electrons. The molecule has 1 aliphatic rings. The first-order valence-electron chi connectivity index (χ1n) is 12.0. The molecule has 34 heavy (non-hydrogen) atoms. The maximum absolute atomic E-state index is 12.8. The Kier molecular flexibility index (Phi) is 7.01. The molecule has 1 fully saturated rings. The molecule has 2 N–H and O–H groups in total. The molecule has 176 valence electrons. The predicted molar refractivity (Wildman–Crippen MR) is 140 cm³/mol. The molecular formula is C29H33N3O2. The van der Waals surface area contributed by atoms with Crippen molar-refractivity contribution in [3.63, 3.8) is 0 Å². The van der Waals surface area contributed by atoms with Crippen molar-refractivity contribution < 1.29 is 9.59 Å². The van der Waals surface area contributed by atoms with Crippen LogP contribution >= 0.6 is 0 Å². The molecule has 0 aromatic heterocycles. The summed E-state index contributed by atoms with van der Waals surface area (Å²) in [5.74, 6) is -0.358. The molecule has 0 saturated carbocycles. The number of hydrogen-bond acceptors (Lipinski definition) is 3. The van der Waals surface area contributed by atoms with E-state index in [2.05, 4.69) is 36.3 Å². The van der Waals surface area contributed by atoms with Gasteiger partial charge in [0.2, 0.25) is 0 Å². The largest absolute Gasteiger partial charge is 0.372 e. The van der Waals surface area contributed by atoms with Crippen molar-refractivity contribution in [2.75, 3.05) is 28.6 Å². The summed E-state index contributed by atoms with van der Waals surface area (Å²) < 4.78 is 0. The lowest BCUT2D eigenvalue weighted by Gasteiger charge is -2.28. The molecule has 3 aromatic rings. The van der Waals surface area contributed by atoms with Gasteiger partial charge in [-0.05, 0) is 84.8 Å². The number of nitrogens with one attached hydrogen (secondary N) is 2. The van der Waals surface area contributed by atoms with Crippen molar-refractivity contribution in [2.24, 2.45) is 0 Å². The summed E-state index contributed by atoms with van der Waals surface area (Å²) >= 11 is 0. The summed E-state index contributed by atoms with van der Waals surface area (Å²) in [6, 6.07) is 22.6. The maximum atomic E-state index is 12.8. The second-order valence-corrected chi connectivity index (χ2v) is 9.91. The molecule has 0 spiro atoms. The first kappa shape index (κ1) is 23.6. The van der Waals surface area contributed by atoms with Gasteiger partial charge in [0.05, 0.1) is 0 Å². The Morgan fingerprint density at radius 1 is 0.706 bits per heavy atom. The van der Waals surface area contributed by atoms with Gasteiger partial charge in [0.25, 0.3) is 11.8 Å². The first-order valence-corrected chi connectivity index (χ1v) is 12.0. The fourth-order valence-electron chi connectivity index (χ4n) is 4.18. The van der Waals surface area contributed by atoms with E-state index in [1.165, 1.54) is 24.8 Å². The van der Waals surface area contributed by atoms with Crippen molar-refractivity contribution in [1.82, 2.24) is 0 Å². The Morgan fingerprint density at radius 3 is 1.71 bits per heavy atom. The Bertz CT molecular complexity index is 1140. The van der Waals surface area contributed by atoms with E-state index in [1.807, 2.05) is 66.7 Å². The van der Waals surface area contributed by atoms with E-state index in [0.29, 0.717) is 22.5 Å². The average molecular weight is 456 g/mol. The van der Waals surface area contributed by atoms with Crippen LogP contribution < -0.4 is 15.5 Å². The highest BCUT2D eigenvalue weighted by atomic mass is 16.2. The van der Waals surface area contributed by atoms with Gasteiger partial charge in [-0.15, -0.1) is 0 Å². The van der Waals surface area contributed by atoms with E-state index in [-0.39, 0.29) is 17.2 Å². The van der Waals surface area contributed by atoms with Gasteiger partial charge in [-0.2, -0.15) is 0 Å². The summed E-state index contributed by atoms with van der Waals surface area (Å²) in [6.45, 7) is 8.58. The second kappa shape index (κ2) is 10.1. The molecule has 5 nitrogen and oxygen atoms in total. The van der Waals surface area contributed by atoms with Gasteiger partial charge in [-0.25, -0.2) is 0 Å². The van der Waals surface area contributed by atoms with Crippen LogP contribution in [0.2, 0.25) is 0 Å². The van der Waals surface area contributed by atoms with E-state index in [1.54, 1.807) is 6.07 Å². The van der Waals surface area contributed by atoms with Crippen molar-refractivity contribution in [2.45, 2.75) is 45.4 Å². The molecule has 1 heterocycles. The van der Waals surface area contributed by atoms with Crippen LogP contribution in [0, 0.1) is 0 Å². The molecule has 1 saturated heterocycles. The Balaban J connectivity index is 1.38. The zero-order valence-electron chi connectivity index (χ0n) is 20.2. The second-order valence-electron chi connectivity index (χ2n) is 9.91. The van der Waals surface area contributed by atoms with Crippen LogP contribution in [0.4, 0.5) is 17.1 Å². The van der Waals surface area contributed by atoms with Crippen LogP contribution in [0.5, 0.6) is 0 Å². The minimum absolute atomic E-state index is 0.0371. The monoisotopic (exact) mass is 455 g/mol. The lowest BCUT2D eigenvalue weighted by atomic mass is 9.87. The van der Waals surface area contributed by atoms with Gasteiger partial charge >= 0.3 is 0 Å². The third kappa shape index (κ3) is 5.84. The van der Waals surface area contributed by atoms with E-state index in [0.717, 1.165) is 18.8 Å². The topological polar surface area (TPSA) is 61.4 Å². The van der Waals surface area contributed by atoms with Gasteiger partial charge in [-0.3, -0.25) is 9.59 Å². The number of carbonyl (C=O) groups is 2. The van der Waals surface area contributed by atoms with Crippen LogP contribution in [-0.2, 0) is 5.41 Å². The van der Waals surface area contributed by atoms with Gasteiger partial charge in [0, 0.05) is 41.3 Å². The summed E-state index contributed by atoms with van der Waals surface area (Å²) in [6.07, 6.45) is 3.73. The Labute approximate surface area is 202 Å². The lowest BCUT2D eigenvalue weighted by Crippen LogP contribution is -2.29. The van der Waals surface area contributed by atoms with Gasteiger partial charge < -0.3 is 15.5 Å². The third-order valence-corrected chi connectivity index (χ3v) is 6.24. The number of carbonyl (C=O) groups excluding carboxylic acids is 2. The summed E-state index contributed by atoms with van der Waals surface area (Å²) in [4.78, 5) is 27.8. The quantitative estimate of drug-likeness (QED) is 0.463. The molecule has 0 aliphatic carbocycles. The zero-order valence-corrected chi connectivity index (χ0v) is 20.2. The number of benzene rings is 3. The summed E-state index contributed by atoms with van der Waals surface area (Å²) in [5, 5.41) is 5.85. The Hall–Kier alpha value is -3.60. The molecule has 5 heteroatoms. The Morgan fingerprint density at radius 2 is 1.21 bits per heavy atom. The molecule has 2 amide bonds. The van der Waals surface area contributed by atoms with Crippen LogP contribution in [0.3, 0.4) is 0 Å². The summed E-state index contributed by atoms with van der Waals surface area (Å²) in [5.41, 5.74) is 4.84. The molecule has 0 unspecified atom stereocenters. The van der Waals surface area contributed by atoms with Gasteiger partial charge in [0.1, 0.15) is 0 Å². The van der Waals surface area contributed by atoms with Crippen LogP contribution in [0.1, 0.15) is 66.3 Å². The SMILES string of the molecule is CC(C)(C)c1ccc(C(=O)Nc2cccc(NC(=O)c3ccc(N4CCCCC4)cc3)c2)cc1. The van der Waals surface area contributed by atoms with Gasteiger partial charge in [0.15, 0.2) is 0 Å². The van der Waals surface area contributed by atoms with Crippen LogP contribution in [0.15, 0.2) is 72.8 Å². The summed E-state index contributed by atoms with van der Waals surface area (Å²) in [7, 11) is 0. The molecular weight excluding hydrogens is 422 g/mol. The fraction of sp³-hybridized carbons (Fsp3) is 0.310. The van der Waals surface area contributed by atoms with Crippen LogP contribution in [-0.4, -0.2) is 24.9 Å². The van der Waals surface area contributed by atoms with Crippen molar-refractivity contribution in [1.29, 1.82) is 0 Å². The molecule has 3 aromatic carbocycles. The highest BCUT2D eigenvalue weighted by Crippen LogP contribution is 2.24. The fourth-order valence-corrected chi connectivity index (χ4v) is 4.18. The molecule has 0 bridgehead atoms. The minimum atomic E-state index is -0.183. The smallest absolute Gasteiger partial charge is 0.255 e. The molecule has 4 rings (SSSR count). The minimum Gasteiger partial charge on any atom is -0.372 e. The maximum Gasteiger partial charge on any atom is 0.255 e. The molecule has 1 aliphatic heterocycles. The predicted octanol–water partition coefficient (Wildman–Crippen LogP) is 6.48. The van der Waals surface area contributed by atoms with Crippen molar-refractivity contribution in [3.8, 4) is 0 Å². The van der Waals surface area contributed by atoms with Gasteiger partial charge in [-0.1, -0.05) is 39.0 Å². The average Bonchev–Trinajstić information content (AvgIpc) is 2.84. The normalized spacial score (nSPS) is 13.9. The highest BCUT2D eigenvalue weighted by Gasteiger charge is 2.15. The van der Waals surface area contributed by atoms with Crippen LogP contribution in [0.25, 0.3) is 0 Å². The van der Waals surface area contributed by atoms with Crippen molar-refractivity contribution >= 4 is 28.9 Å². The third-order valence-electron chi connectivity index (χ3n) is 6.24. The number of rotatable bonds is 5. The number of amides is 2. The van der Waals surface area contributed by atoms with E-state index in [4.69, 9.17) is 0 Å². The lowest BCUT2D eigenvalue weighted by molar-refractivity contribution is 0.101. The number of anilines is 3. The standard InChI is InChI=1S/C29H33N3O2/c1-29(2,3)23-14-10-21(11-15-23)27(33)30-24-8-7-9-25(20-24)31-28(34)22-12-16-26(17-13-22)32-18-5-4-6-19-32/h7-17,20H,4-6,18-19H2,1-3H3,(H,30,33)(H,31,34). The van der Waals surface area contributed by atoms with E-state index < -0.39 is 0 Å². The van der Waals surface area contributed by atoms with E-state index >= 15 is 0 Å². The first-order chi connectivity index (χ1) is 16.3. The zero-order chi connectivity index (χ0) is 24.1. The van der Waals surface area contributed by atoms with E-state index in [9.17, 15) is 9.59 Å².